The lowest BCUT2D eigenvalue weighted by molar-refractivity contribution is -0.142. The molecule has 0 unspecified atom stereocenters. The Morgan fingerprint density at radius 2 is 2.13 bits per heavy atom. The highest BCUT2D eigenvalue weighted by molar-refractivity contribution is 5.20. The first-order chi connectivity index (χ1) is 10.9. The molecule has 0 saturated heterocycles. The molecule has 1 aromatic heterocycles. The number of aliphatic hydroxyl groups is 2. The average molecular weight is 318 g/mol. The van der Waals surface area contributed by atoms with Gasteiger partial charge < -0.3 is 14.6 Å². The van der Waals surface area contributed by atoms with Crippen molar-refractivity contribution in [2.45, 2.75) is 58.5 Å². The zero-order valence-electron chi connectivity index (χ0n) is 14.4. The van der Waals surface area contributed by atoms with E-state index in [1.165, 1.54) is 11.1 Å². The molecule has 1 heterocycles. The van der Waals surface area contributed by atoms with Crippen LogP contribution in [0.4, 0.5) is 0 Å². The van der Waals surface area contributed by atoms with Gasteiger partial charge in [0.2, 0.25) is 0 Å². The van der Waals surface area contributed by atoms with Crippen molar-refractivity contribution >= 4 is 0 Å². The fraction of sp³-hybridized carbons (Fsp3) is 0.700. The lowest BCUT2D eigenvalue weighted by Gasteiger charge is -2.60. The summed E-state index contributed by atoms with van der Waals surface area (Å²) in [6.45, 7) is 8.94. The quantitative estimate of drug-likeness (QED) is 0.826. The molecule has 0 aliphatic heterocycles. The van der Waals surface area contributed by atoms with E-state index in [-0.39, 0.29) is 29.5 Å². The van der Waals surface area contributed by atoms with E-state index in [0.29, 0.717) is 12.3 Å². The zero-order chi connectivity index (χ0) is 16.7. The molecule has 0 spiro atoms. The normalized spacial score (nSPS) is 40.9. The Morgan fingerprint density at radius 3 is 2.78 bits per heavy atom. The van der Waals surface area contributed by atoms with Crippen molar-refractivity contribution in [3.63, 3.8) is 0 Å². The Bertz CT molecular complexity index is 549. The number of furan rings is 1. The van der Waals surface area contributed by atoms with Gasteiger partial charge in [-0.15, -0.1) is 0 Å². The summed E-state index contributed by atoms with van der Waals surface area (Å²) in [5, 5.41) is 20.8. The van der Waals surface area contributed by atoms with Crippen molar-refractivity contribution in [1.29, 1.82) is 0 Å². The molecule has 0 amide bonds. The van der Waals surface area contributed by atoms with Crippen LogP contribution in [-0.4, -0.2) is 22.9 Å². The molecule has 0 radical (unpaired) electrons. The van der Waals surface area contributed by atoms with Crippen LogP contribution in [0, 0.1) is 22.7 Å². The van der Waals surface area contributed by atoms with Gasteiger partial charge in [0.25, 0.3) is 0 Å². The first kappa shape index (κ1) is 16.8. The number of rotatable bonds is 4. The van der Waals surface area contributed by atoms with E-state index in [1.807, 2.05) is 12.3 Å². The van der Waals surface area contributed by atoms with E-state index in [9.17, 15) is 10.2 Å². The minimum Gasteiger partial charge on any atom is -0.472 e. The van der Waals surface area contributed by atoms with Gasteiger partial charge in [-0.2, -0.15) is 0 Å². The highest BCUT2D eigenvalue weighted by atomic mass is 16.3. The van der Waals surface area contributed by atoms with Crippen molar-refractivity contribution in [2.75, 3.05) is 6.61 Å². The van der Waals surface area contributed by atoms with E-state index in [1.54, 1.807) is 6.26 Å². The molecule has 2 aliphatic rings. The largest absolute Gasteiger partial charge is 0.472 e. The summed E-state index contributed by atoms with van der Waals surface area (Å²) < 4.78 is 5.19. The minimum atomic E-state index is -0.380. The maximum Gasteiger partial charge on any atom is 0.0934 e. The lowest BCUT2D eigenvalue weighted by Crippen LogP contribution is -2.57. The first-order valence-corrected chi connectivity index (χ1v) is 8.88. The average Bonchev–Trinajstić information content (AvgIpc) is 2.99. The van der Waals surface area contributed by atoms with E-state index in [4.69, 9.17) is 4.42 Å². The molecule has 3 heteroatoms. The predicted molar refractivity (Wildman–Crippen MR) is 90.9 cm³/mol. The fourth-order valence-corrected chi connectivity index (χ4v) is 5.73. The summed E-state index contributed by atoms with van der Waals surface area (Å²) in [5.41, 5.74) is 2.25. The Labute approximate surface area is 139 Å². The third-order valence-electron chi connectivity index (χ3n) is 6.73. The van der Waals surface area contributed by atoms with E-state index in [0.717, 1.165) is 32.1 Å². The molecular weight excluding hydrogens is 288 g/mol. The second-order valence-electron chi connectivity index (χ2n) is 8.30. The Kier molecular flexibility index (Phi) is 4.45. The predicted octanol–water partition coefficient (Wildman–Crippen LogP) is 3.95. The van der Waals surface area contributed by atoms with Gasteiger partial charge in [0.15, 0.2) is 0 Å². The molecule has 2 aliphatic carbocycles. The molecule has 23 heavy (non-hydrogen) atoms. The van der Waals surface area contributed by atoms with Crippen molar-refractivity contribution in [3.05, 3.63) is 36.3 Å². The Hall–Kier alpha value is -1.06. The van der Waals surface area contributed by atoms with Crippen LogP contribution >= 0.6 is 0 Å². The van der Waals surface area contributed by atoms with Crippen molar-refractivity contribution in [1.82, 2.24) is 0 Å². The molecule has 3 rings (SSSR count). The molecule has 0 bridgehead atoms. The third-order valence-corrected chi connectivity index (χ3v) is 6.73. The fourth-order valence-electron chi connectivity index (χ4n) is 5.73. The van der Waals surface area contributed by atoms with Gasteiger partial charge in [-0.3, -0.25) is 0 Å². The van der Waals surface area contributed by atoms with Crippen molar-refractivity contribution in [2.24, 2.45) is 22.7 Å². The van der Waals surface area contributed by atoms with E-state index >= 15 is 0 Å². The van der Waals surface area contributed by atoms with Gasteiger partial charge >= 0.3 is 0 Å². The molecule has 0 aromatic carbocycles. The third kappa shape index (κ3) is 2.78. The molecule has 2 N–H and O–H groups in total. The summed E-state index contributed by atoms with van der Waals surface area (Å²) >= 11 is 0. The van der Waals surface area contributed by atoms with E-state index in [2.05, 4.69) is 20.4 Å². The van der Waals surface area contributed by atoms with Gasteiger partial charge in [0, 0.05) is 6.61 Å². The lowest BCUT2D eigenvalue weighted by atomic mass is 9.46. The SMILES string of the molecule is C=C1C[C@@H](O)[C@@H]2[C@](C)(CO)CCC[C@@]2(C)[C@@H]1CCc1ccoc1. The van der Waals surface area contributed by atoms with Gasteiger partial charge in [-0.1, -0.05) is 32.4 Å². The molecule has 2 fully saturated rings. The number of aliphatic hydroxyl groups excluding tert-OH is 2. The molecule has 3 nitrogen and oxygen atoms in total. The second kappa shape index (κ2) is 6.10. The van der Waals surface area contributed by atoms with Crippen LogP contribution in [-0.2, 0) is 6.42 Å². The minimum absolute atomic E-state index is 0.0220. The van der Waals surface area contributed by atoms with Crippen molar-refractivity contribution < 1.29 is 14.6 Å². The molecule has 5 atom stereocenters. The topological polar surface area (TPSA) is 53.6 Å². The van der Waals surface area contributed by atoms with E-state index < -0.39 is 0 Å². The van der Waals surface area contributed by atoms with Crippen LogP contribution in [0.3, 0.4) is 0 Å². The standard InChI is InChI=1S/C20H30O3/c1-14-11-17(22)18-19(2,13-21)8-4-9-20(18,3)16(14)6-5-15-7-10-23-12-15/h7,10,12,16-18,21-22H,1,4-6,8-9,11,13H2,2-3H3/t16-,17-,18-,19+,20+/m1/s1. The number of hydrogen-bond acceptors (Lipinski definition) is 3. The highest BCUT2D eigenvalue weighted by Gasteiger charge is 2.57. The van der Waals surface area contributed by atoms with Gasteiger partial charge in [0.1, 0.15) is 0 Å². The monoisotopic (exact) mass is 318 g/mol. The number of fused-ring (bicyclic) bond motifs is 1. The Morgan fingerprint density at radius 1 is 1.35 bits per heavy atom. The summed E-state index contributed by atoms with van der Waals surface area (Å²) in [4.78, 5) is 0. The summed E-state index contributed by atoms with van der Waals surface area (Å²) in [7, 11) is 0. The maximum atomic E-state index is 10.8. The van der Waals surface area contributed by atoms with Crippen molar-refractivity contribution in [3.8, 4) is 0 Å². The maximum absolute atomic E-state index is 10.8. The number of aryl methyl sites for hydroxylation is 1. The molecular formula is C20H30O3. The molecule has 128 valence electrons. The molecule has 2 saturated carbocycles. The Balaban J connectivity index is 1.87. The van der Waals surface area contributed by atoms with Crippen LogP contribution in [0.25, 0.3) is 0 Å². The smallest absolute Gasteiger partial charge is 0.0934 e. The van der Waals surface area contributed by atoms with Gasteiger partial charge in [-0.25, -0.2) is 0 Å². The van der Waals surface area contributed by atoms with Crippen LogP contribution in [0.1, 0.15) is 51.5 Å². The van der Waals surface area contributed by atoms with Crippen LogP contribution in [0.5, 0.6) is 0 Å². The summed E-state index contributed by atoms with van der Waals surface area (Å²) in [6.07, 6.45) is 9.09. The van der Waals surface area contributed by atoms with Gasteiger partial charge in [-0.05, 0) is 66.4 Å². The number of hydrogen-bond donors (Lipinski definition) is 2. The zero-order valence-corrected chi connectivity index (χ0v) is 14.4. The van der Waals surface area contributed by atoms with Gasteiger partial charge in [0.05, 0.1) is 18.6 Å². The summed E-state index contributed by atoms with van der Waals surface area (Å²) in [6, 6.07) is 2.03. The second-order valence-corrected chi connectivity index (χ2v) is 8.30. The summed E-state index contributed by atoms with van der Waals surface area (Å²) in [5.74, 6) is 0.547. The highest BCUT2D eigenvalue weighted by Crippen LogP contribution is 2.61. The molecule has 1 aromatic rings. The van der Waals surface area contributed by atoms with Crippen LogP contribution in [0.2, 0.25) is 0 Å². The van der Waals surface area contributed by atoms with Crippen LogP contribution < -0.4 is 0 Å². The first-order valence-electron chi connectivity index (χ1n) is 8.88. The van der Waals surface area contributed by atoms with Crippen LogP contribution in [0.15, 0.2) is 35.2 Å².